The van der Waals surface area contributed by atoms with Crippen molar-refractivity contribution in [2.45, 2.75) is 13.8 Å². The molecule has 10 nitrogen and oxygen atoms in total. The first-order valence-electron chi connectivity index (χ1n) is 9.09. The summed E-state index contributed by atoms with van der Waals surface area (Å²) in [7, 11) is 0. The predicted molar refractivity (Wildman–Crippen MR) is 123 cm³/mol. The van der Waals surface area contributed by atoms with Crippen LogP contribution in [-0.2, 0) is 12.4 Å². The summed E-state index contributed by atoms with van der Waals surface area (Å²) >= 11 is -4.83. The van der Waals surface area contributed by atoms with Gasteiger partial charge in [0.2, 0.25) is 0 Å². The quantitative estimate of drug-likeness (QED) is 0.0914. The number of benzene rings is 3. The predicted octanol–water partition coefficient (Wildman–Crippen LogP) is 1.96. The zero-order valence-electron chi connectivity index (χ0n) is 17.5. The molecule has 0 bridgehead atoms. The van der Waals surface area contributed by atoms with Gasteiger partial charge in [0.15, 0.2) is 0 Å². The molecule has 0 aliphatic carbocycles. The number of amides is 1. The number of phenols is 2. The van der Waals surface area contributed by atoms with Crippen LogP contribution in [0.15, 0.2) is 66.7 Å². The molecule has 1 amide bonds. The van der Waals surface area contributed by atoms with Gasteiger partial charge in [-0.25, -0.2) is 0 Å². The Morgan fingerprint density at radius 2 is 1.56 bits per heavy atom. The van der Waals surface area contributed by atoms with Gasteiger partial charge >= 0.3 is 88.4 Å². The fourth-order valence-electron chi connectivity index (χ4n) is 2.18. The molecule has 9 N–H and O–H groups in total. The van der Waals surface area contributed by atoms with Crippen molar-refractivity contribution in [2.75, 3.05) is 16.8 Å². The van der Waals surface area contributed by atoms with E-state index in [-0.39, 0.29) is 21.8 Å². The van der Waals surface area contributed by atoms with Crippen molar-refractivity contribution in [1.29, 1.82) is 0 Å². The zero-order chi connectivity index (χ0) is 24.3. The molecule has 11 heteroatoms. The molecule has 0 saturated heterocycles. The molecule has 0 fully saturated rings. The van der Waals surface area contributed by atoms with E-state index in [2.05, 4.69) is 9.19 Å². The molecule has 172 valence electrons. The molecule has 0 aliphatic heterocycles. The van der Waals surface area contributed by atoms with Crippen LogP contribution in [-0.4, -0.2) is 39.6 Å². The second kappa shape index (κ2) is 12.4. The summed E-state index contributed by atoms with van der Waals surface area (Å²) < 4.78 is 23.9. The maximum atomic E-state index is 11.3. The Balaban J connectivity index is 0.000000257. The molecular weight excluding hydrogens is 481 g/mol. The maximum absolute atomic E-state index is 11.3. The van der Waals surface area contributed by atoms with Crippen molar-refractivity contribution in [2.24, 2.45) is 0 Å². The molecule has 0 aliphatic rings. The van der Waals surface area contributed by atoms with Crippen LogP contribution in [0.25, 0.3) is 0 Å². The fourth-order valence-corrected chi connectivity index (χ4v) is 3.59. The average Bonchev–Trinajstić information content (AvgIpc) is 2.75. The number of carbonyl (C=O) groups excluding carboxylic acids is 1. The number of aryl methyl sites for hydroxylation is 1. The molecule has 0 saturated carbocycles. The molecule has 0 heterocycles. The van der Waals surface area contributed by atoms with E-state index in [0.717, 1.165) is 5.56 Å². The monoisotopic (exact) mass is 507 g/mol. The average molecular weight is 507 g/mol. The summed E-state index contributed by atoms with van der Waals surface area (Å²) in [5.41, 5.74) is 12.7. The molecule has 0 radical (unpaired) electrons. The van der Waals surface area contributed by atoms with Crippen molar-refractivity contribution < 1.29 is 32.0 Å². The van der Waals surface area contributed by atoms with Crippen molar-refractivity contribution in [3.05, 3.63) is 72.3 Å². The number of para-hydroxylation sites is 3. The van der Waals surface area contributed by atoms with Crippen molar-refractivity contribution in [3.63, 3.8) is 0 Å². The van der Waals surface area contributed by atoms with E-state index >= 15 is 0 Å². The van der Waals surface area contributed by atoms with Crippen LogP contribution in [0.5, 0.6) is 11.5 Å². The largest absolute Gasteiger partial charge is 0.506 e. The first-order chi connectivity index (χ1) is 15.0. The third kappa shape index (κ3) is 8.74. The summed E-state index contributed by atoms with van der Waals surface area (Å²) in [6, 6.07) is 17.6. The Kier molecular flexibility index (Phi) is 10.3. The molecule has 0 aromatic heterocycles. The van der Waals surface area contributed by atoms with E-state index in [1.54, 1.807) is 36.4 Å². The van der Waals surface area contributed by atoms with Crippen LogP contribution in [0, 0.1) is 6.92 Å². The van der Waals surface area contributed by atoms with E-state index in [0.29, 0.717) is 17.1 Å². The standard InChI is InChI=1S/C8H10AsNO5.C7H9NO.C6H7NO/c1-6(11)10-8-4-2-3-7(5-8)9(12,13)15-14;1-5-3-2-4-6(8)7(5)9;7-5-3-1-2-4-6(5)8/h2-5,14H,1H3,(H,10,11)(H,12,13);2-4,9H,8H2,1H3;1-4,8H,7H2. The Hall–Kier alpha value is -3.43. The Labute approximate surface area is 188 Å². The van der Waals surface area contributed by atoms with Crippen molar-refractivity contribution in [3.8, 4) is 11.5 Å². The molecule has 1 atom stereocenters. The topological polar surface area (TPSA) is 188 Å². The second-order valence-electron chi connectivity index (χ2n) is 6.41. The summed E-state index contributed by atoms with van der Waals surface area (Å²) in [5, 5.41) is 28.6. The summed E-state index contributed by atoms with van der Waals surface area (Å²) in [6.45, 7) is 3.13. The second-order valence-corrected chi connectivity index (χ2v) is 10.0. The van der Waals surface area contributed by atoms with Crippen molar-refractivity contribution >= 4 is 41.5 Å². The molecular formula is C21H26AsN3O7. The van der Waals surface area contributed by atoms with E-state index in [1.165, 1.54) is 25.1 Å². The minimum atomic E-state index is -4.83. The smallest absolute Gasteiger partial charge is 0.141 e. The van der Waals surface area contributed by atoms with E-state index in [1.807, 2.05) is 19.1 Å². The number of anilines is 3. The third-order valence-corrected chi connectivity index (χ3v) is 6.23. The van der Waals surface area contributed by atoms with E-state index in [9.17, 15) is 12.6 Å². The van der Waals surface area contributed by atoms with E-state index in [4.69, 9.17) is 26.9 Å². The van der Waals surface area contributed by atoms with Gasteiger partial charge in [0.05, 0.1) is 11.4 Å². The van der Waals surface area contributed by atoms with Crippen LogP contribution < -0.4 is 21.1 Å². The molecule has 3 aromatic rings. The number of nitrogen functional groups attached to an aromatic ring is 2. The Bertz CT molecular complexity index is 1050. The van der Waals surface area contributed by atoms with Gasteiger partial charge in [-0.3, -0.25) is 0 Å². The molecule has 3 aromatic carbocycles. The maximum Gasteiger partial charge on any atom is 0.141 e. The number of hydrogen-bond acceptors (Lipinski definition) is 8. The summed E-state index contributed by atoms with van der Waals surface area (Å²) in [6.07, 6.45) is 0. The van der Waals surface area contributed by atoms with Gasteiger partial charge in [-0.05, 0) is 30.7 Å². The Morgan fingerprint density at radius 3 is 2.03 bits per heavy atom. The normalized spacial score (nSPS) is 11.6. The van der Waals surface area contributed by atoms with Crippen LogP contribution >= 0.6 is 0 Å². The molecule has 32 heavy (non-hydrogen) atoms. The van der Waals surface area contributed by atoms with Crippen LogP contribution in [0.2, 0.25) is 0 Å². The number of nitrogens with two attached hydrogens (primary N) is 2. The van der Waals surface area contributed by atoms with E-state index < -0.39 is 14.2 Å². The van der Waals surface area contributed by atoms with Gasteiger partial charge in [-0.1, -0.05) is 24.3 Å². The summed E-state index contributed by atoms with van der Waals surface area (Å²) in [4.78, 5) is 10.7. The van der Waals surface area contributed by atoms with Gasteiger partial charge < -0.3 is 21.7 Å². The van der Waals surface area contributed by atoms with Crippen LogP contribution in [0.1, 0.15) is 12.5 Å². The van der Waals surface area contributed by atoms with Gasteiger partial charge in [0.1, 0.15) is 11.5 Å². The van der Waals surface area contributed by atoms with Crippen LogP contribution in [0.4, 0.5) is 17.1 Å². The SMILES string of the molecule is CC(=O)Nc1cccc([As](=O)(O)OO)c1.Cc1cccc(N)c1O.Nc1ccccc1O. The first-order valence-corrected chi connectivity index (χ1v) is 12.4. The number of hydrogen-bond donors (Lipinski definition) is 7. The number of nitrogens with one attached hydrogen (secondary N) is 1. The molecule has 0 spiro atoms. The third-order valence-electron chi connectivity index (χ3n) is 3.81. The number of aromatic hydroxyl groups is 2. The van der Waals surface area contributed by atoms with Gasteiger partial charge in [-0.2, -0.15) is 0 Å². The zero-order valence-corrected chi connectivity index (χ0v) is 19.3. The minimum absolute atomic E-state index is 0.0399. The summed E-state index contributed by atoms with van der Waals surface area (Å²) in [5.74, 6) is 0.0436. The molecule has 3 rings (SSSR count). The van der Waals surface area contributed by atoms with Crippen LogP contribution in [0.3, 0.4) is 0 Å². The minimum Gasteiger partial charge on any atom is -0.506 e. The number of rotatable bonds is 3. The van der Waals surface area contributed by atoms with Gasteiger partial charge in [0, 0.05) is 0 Å². The van der Waals surface area contributed by atoms with Crippen molar-refractivity contribution in [1.82, 2.24) is 0 Å². The Morgan fingerprint density at radius 1 is 0.969 bits per heavy atom. The van der Waals surface area contributed by atoms with Gasteiger partial charge in [0.25, 0.3) is 0 Å². The van der Waals surface area contributed by atoms with Gasteiger partial charge in [-0.15, -0.1) is 0 Å². The molecule has 1 unspecified atom stereocenters. The number of carbonyl (C=O) groups is 1. The first kappa shape index (κ1) is 26.6. The fraction of sp³-hybridized carbons (Fsp3) is 0.0952. The number of phenolic OH excluding ortho intramolecular Hbond substituents is 2.